The summed E-state index contributed by atoms with van der Waals surface area (Å²) >= 11 is 3.69. The van der Waals surface area contributed by atoms with Crippen molar-refractivity contribution in [1.82, 2.24) is 10.3 Å². The lowest BCUT2D eigenvalue weighted by Gasteiger charge is -2.15. The molecule has 0 saturated heterocycles. The Kier molecular flexibility index (Phi) is 4.01. The fraction of sp³-hybridized carbons (Fsp3) is 0.375. The van der Waals surface area contributed by atoms with Crippen LogP contribution in [0, 0.1) is 5.92 Å². The van der Waals surface area contributed by atoms with Gasteiger partial charge >= 0.3 is 0 Å². The number of aromatic nitrogens is 1. The minimum atomic E-state index is -0.0269. The van der Waals surface area contributed by atoms with Crippen LogP contribution in [0.1, 0.15) is 29.6 Å². The summed E-state index contributed by atoms with van der Waals surface area (Å²) in [6.45, 7) is 0.734. The Balaban J connectivity index is 1.75. The van der Waals surface area contributed by atoms with Gasteiger partial charge in [0, 0.05) is 23.0 Å². The maximum atomic E-state index is 12.4. The van der Waals surface area contributed by atoms with Crippen molar-refractivity contribution in [1.29, 1.82) is 0 Å². The highest BCUT2D eigenvalue weighted by Crippen LogP contribution is 2.30. The van der Waals surface area contributed by atoms with E-state index >= 15 is 0 Å². The van der Waals surface area contributed by atoms with Gasteiger partial charge in [0.05, 0.1) is 11.1 Å². The second kappa shape index (κ2) is 5.92. The SMILES string of the molecule is O=C(NCC1CCCC1Br)c1cccc2cccnc12. The minimum Gasteiger partial charge on any atom is -0.352 e. The van der Waals surface area contributed by atoms with E-state index in [1.165, 1.54) is 19.3 Å². The quantitative estimate of drug-likeness (QED) is 0.873. The number of amides is 1. The Morgan fingerprint density at radius 2 is 2.15 bits per heavy atom. The molecule has 3 rings (SSSR count). The van der Waals surface area contributed by atoms with Gasteiger partial charge in [0.15, 0.2) is 0 Å². The van der Waals surface area contributed by atoms with E-state index in [1.54, 1.807) is 6.20 Å². The maximum absolute atomic E-state index is 12.4. The summed E-state index contributed by atoms with van der Waals surface area (Å²) in [7, 11) is 0. The van der Waals surface area contributed by atoms with Crippen LogP contribution in [0.25, 0.3) is 10.9 Å². The standard InChI is InChI=1S/C16H17BrN2O/c17-14-8-2-5-12(14)10-19-16(20)13-7-1-4-11-6-3-9-18-15(11)13/h1,3-4,6-7,9,12,14H,2,5,8,10H2,(H,19,20). The van der Waals surface area contributed by atoms with Crippen LogP contribution in [0.4, 0.5) is 0 Å². The molecule has 0 bridgehead atoms. The molecule has 0 radical (unpaired) electrons. The highest BCUT2D eigenvalue weighted by Gasteiger charge is 2.25. The summed E-state index contributed by atoms with van der Waals surface area (Å²) < 4.78 is 0. The monoisotopic (exact) mass is 332 g/mol. The largest absolute Gasteiger partial charge is 0.352 e. The van der Waals surface area contributed by atoms with Crippen LogP contribution in [0.5, 0.6) is 0 Å². The molecule has 1 heterocycles. The molecule has 1 saturated carbocycles. The first-order valence-corrected chi connectivity index (χ1v) is 7.93. The first-order chi connectivity index (χ1) is 9.75. The Morgan fingerprint density at radius 3 is 2.95 bits per heavy atom. The third kappa shape index (κ3) is 2.70. The summed E-state index contributed by atoms with van der Waals surface area (Å²) in [5, 5.41) is 4.05. The fourth-order valence-electron chi connectivity index (χ4n) is 2.83. The number of pyridine rings is 1. The number of carbonyl (C=O) groups is 1. The van der Waals surface area contributed by atoms with Crippen LogP contribution in [0.3, 0.4) is 0 Å². The van der Waals surface area contributed by atoms with Crippen molar-refractivity contribution in [3.63, 3.8) is 0 Å². The zero-order chi connectivity index (χ0) is 13.9. The number of hydrogen-bond donors (Lipinski definition) is 1. The smallest absolute Gasteiger partial charge is 0.253 e. The van der Waals surface area contributed by atoms with Gasteiger partial charge in [-0.2, -0.15) is 0 Å². The molecule has 1 N–H and O–H groups in total. The van der Waals surface area contributed by atoms with Crippen molar-refractivity contribution in [2.45, 2.75) is 24.1 Å². The zero-order valence-corrected chi connectivity index (χ0v) is 12.8. The van der Waals surface area contributed by atoms with E-state index in [0.717, 1.165) is 17.4 Å². The molecule has 1 aliphatic carbocycles. The lowest BCUT2D eigenvalue weighted by atomic mass is 10.1. The molecule has 4 heteroatoms. The molecule has 0 aliphatic heterocycles. The molecule has 1 amide bonds. The van der Waals surface area contributed by atoms with E-state index in [0.29, 0.717) is 16.3 Å². The predicted molar refractivity (Wildman–Crippen MR) is 84.1 cm³/mol. The number of benzene rings is 1. The molecular formula is C16H17BrN2O. The molecule has 104 valence electrons. The van der Waals surface area contributed by atoms with Crippen LogP contribution in [-0.2, 0) is 0 Å². The molecule has 1 aliphatic rings. The van der Waals surface area contributed by atoms with Crippen LogP contribution >= 0.6 is 15.9 Å². The molecule has 1 fully saturated rings. The molecule has 2 aromatic rings. The Hall–Kier alpha value is -1.42. The van der Waals surface area contributed by atoms with Crippen LogP contribution in [0.2, 0.25) is 0 Å². The summed E-state index contributed by atoms with van der Waals surface area (Å²) in [5.41, 5.74) is 1.43. The highest BCUT2D eigenvalue weighted by molar-refractivity contribution is 9.09. The lowest BCUT2D eigenvalue weighted by molar-refractivity contribution is 0.0949. The van der Waals surface area contributed by atoms with E-state index in [1.807, 2.05) is 30.3 Å². The number of nitrogens with zero attached hydrogens (tertiary/aromatic N) is 1. The molecule has 2 unspecified atom stereocenters. The van der Waals surface area contributed by atoms with Crippen molar-refractivity contribution in [3.05, 3.63) is 42.1 Å². The number of carbonyl (C=O) groups excluding carboxylic acids is 1. The van der Waals surface area contributed by atoms with Gasteiger partial charge in [-0.05, 0) is 30.9 Å². The Morgan fingerprint density at radius 1 is 1.30 bits per heavy atom. The molecule has 2 atom stereocenters. The Labute approximate surface area is 126 Å². The number of rotatable bonds is 3. The van der Waals surface area contributed by atoms with Gasteiger partial charge in [0.2, 0.25) is 0 Å². The van der Waals surface area contributed by atoms with Crippen molar-refractivity contribution in [2.24, 2.45) is 5.92 Å². The lowest BCUT2D eigenvalue weighted by Crippen LogP contribution is -2.31. The van der Waals surface area contributed by atoms with Gasteiger partial charge in [0.1, 0.15) is 0 Å². The van der Waals surface area contributed by atoms with Gasteiger partial charge in [-0.3, -0.25) is 9.78 Å². The van der Waals surface area contributed by atoms with E-state index in [-0.39, 0.29) is 5.91 Å². The average molecular weight is 333 g/mol. The van der Waals surface area contributed by atoms with Gasteiger partial charge in [0.25, 0.3) is 5.91 Å². The van der Waals surface area contributed by atoms with E-state index in [9.17, 15) is 4.79 Å². The van der Waals surface area contributed by atoms with Gasteiger partial charge in [-0.25, -0.2) is 0 Å². The maximum Gasteiger partial charge on any atom is 0.253 e. The number of alkyl halides is 1. The molecule has 0 spiro atoms. The highest BCUT2D eigenvalue weighted by atomic mass is 79.9. The normalized spacial score (nSPS) is 22.1. The van der Waals surface area contributed by atoms with Gasteiger partial charge in [-0.15, -0.1) is 0 Å². The number of para-hydroxylation sites is 1. The average Bonchev–Trinajstić information content (AvgIpc) is 2.89. The zero-order valence-electron chi connectivity index (χ0n) is 11.2. The fourth-order valence-corrected chi connectivity index (χ4v) is 3.60. The number of fused-ring (bicyclic) bond motifs is 1. The third-order valence-corrected chi connectivity index (χ3v) is 5.17. The molecule has 20 heavy (non-hydrogen) atoms. The topological polar surface area (TPSA) is 42.0 Å². The van der Waals surface area contributed by atoms with Crippen LogP contribution < -0.4 is 5.32 Å². The third-order valence-electron chi connectivity index (χ3n) is 3.97. The first kappa shape index (κ1) is 13.6. The molecule has 1 aromatic carbocycles. The van der Waals surface area contributed by atoms with Crippen LogP contribution in [0.15, 0.2) is 36.5 Å². The van der Waals surface area contributed by atoms with Gasteiger partial charge in [-0.1, -0.05) is 40.5 Å². The summed E-state index contributed by atoms with van der Waals surface area (Å²) in [5.74, 6) is 0.516. The Bertz CT molecular complexity index is 623. The molecule has 1 aromatic heterocycles. The second-order valence-electron chi connectivity index (χ2n) is 5.30. The second-order valence-corrected chi connectivity index (χ2v) is 6.47. The number of halogens is 1. The summed E-state index contributed by atoms with van der Waals surface area (Å²) in [4.78, 5) is 17.2. The summed E-state index contributed by atoms with van der Waals surface area (Å²) in [6.07, 6.45) is 5.36. The van der Waals surface area contributed by atoms with Crippen molar-refractivity contribution in [3.8, 4) is 0 Å². The minimum absolute atomic E-state index is 0.0269. The van der Waals surface area contributed by atoms with Crippen molar-refractivity contribution >= 4 is 32.7 Å². The van der Waals surface area contributed by atoms with Gasteiger partial charge < -0.3 is 5.32 Å². The number of nitrogens with one attached hydrogen (secondary N) is 1. The van der Waals surface area contributed by atoms with E-state index in [2.05, 4.69) is 26.2 Å². The van der Waals surface area contributed by atoms with Crippen molar-refractivity contribution in [2.75, 3.05) is 6.54 Å². The number of hydrogen-bond acceptors (Lipinski definition) is 2. The predicted octanol–water partition coefficient (Wildman–Crippen LogP) is 3.53. The first-order valence-electron chi connectivity index (χ1n) is 7.02. The van der Waals surface area contributed by atoms with E-state index < -0.39 is 0 Å². The van der Waals surface area contributed by atoms with E-state index in [4.69, 9.17) is 0 Å². The molecule has 3 nitrogen and oxygen atoms in total. The van der Waals surface area contributed by atoms with Crippen molar-refractivity contribution < 1.29 is 4.79 Å². The summed E-state index contributed by atoms with van der Waals surface area (Å²) in [6, 6.07) is 9.58. The van der Waals surface area contributed by atoms with Crippen LogP contribution in [-0.4, -0.2) is 22.3 Å². The molecular weight excluding hydrogens is 316 g/mol.